The molecular formula is C8H16N2O6. The third-order valence-corrected chi connectivity index (χ3v) is 2.32. The van der Waals surface area contributed by atoms with E-state index in [4.69, 9.17) is 5.11 Å². The second kappa shape index (κ2) is 7.07. The fourth-order valence-corrected chi connectivity index (χ4v) is 1.40. The van der Waals surface area contributed by atoms with E-state index in [1.807, 2.05) is 0 Å². The lowest BCUT2D eigenvalue weighted by atomic mass is 10.0. The molecule has 0 saturated carbocycles. The van der Waals surface area contributed by atoms with Crippen molar-refractivity contribution in [3.63, 3.8) is 0 Å². The summed E-state index contributed by atoms with van der Waals surface area (Å²) in [6.07, 6.45) is -1.15. The van der Waals surface area contributed by atoms with Crippen LogP contribution in [0.15, 0.2) is 0 Å². The van der Waals surface area contributed by atoms with E-state index in [0.29, 0.717) is 6.42 Å². The van der Waals surface area contributed by atoms with Crippen molar-refractivity contribution in [1.82, 2.24) is 0 Å². The van der Waals surface area contributed by atoms with E-state index in [2.05, 4.69) is 0 Å². The largest absolute Gasteiger partial charge is 0.389 e. The van der Waals surface area contributed by atoms with E-state index in [0.717, 1.165) is 0 Å². The summed E-state index contributed by atoms with van der Waals surface area (Å²) in [5.74, 6) is 0. The first-order valence-electron chi connectivity index (χ1n) is 4.99. The SMILES string of the molecule is CCCC(C(O)CC(CO)[N+](=O)[O-])[N+](=O)[O-]. The van der Waals surface area contributed by atoms with Crippen LogP contribution >= 0.6 is 0 Å². The maximum absolute atomic E-state index is 10.6. The van der Waals surface area contributed by atoms with Gasteiger partial charge in [0.15, 0.2) is 0 Å². The maximum atomic E-state index is 10.6. The quantitative estimate of drug-likeness (QED) is 0.444. The van der Waals surface area contributed by atoms with Gasteiger partial charge in [-0.25, -0.2) is 0 Å². The van der Waals surface area contributed by atoms with Crippen LogP contribution in [0.5, 0.6) is 0 Å². The van der Waals surface area contributed by atoms with Crippen LogP contribution in [0.2, 0.25) is 0 Å². The number of aliphatic hydroxyl groups excluding tert-OH is 2. The highest BCUT2D eigenvalue weighted by Gasteiger charge is 2.34. The molecule has 0 aromatic rings. The molecule has 3 unspecified atom stereocenters. The molecule has 0 saturated heterocycles. The number of hydrogen-bond donors (Lipinski definition) is 2. The molecule has 0 rings (SSSR count). The maximum Gasteiger partial charge on any atom is 0.238 e. The van der Waals surface area contributed by atoms with Crippen LogP contribution in [0.1, 0.15) is 26.2 Å². The van der Waals surface area contributed by atoms with Crippen molar-refractivity contribution in [2.75, 3.05) is 6.61 Å². The van der Waals surface area contributed by atoms with Crippen LogP contribution in [0.25, 0.3) is 0 Å². The molecule has 0 amide bonds. The highest BCUT2D eigenvalue weighted by atomic mass is 16.6. The lowest BCUT2D eigenvalue weighted by Crippen LogP contribution is -2.39. The van der Waals surface area contributed by atoms with Crippen molar-refractivity contribution in [3.05, 3.63) is 20.2 Å². The predicted octanol–water partition coefficient (Wildman–Crippen LogP) is -0.180. The average molecular weight is 236 g/mol. The molecule has 0 aromatic heterocycles. The molecule has 3 atom stereocenters. The molecule has 8 heteroatoms. The van der Waals surface area contributed by atoms with E-state index >= 15 is 0 Å². The van der Waals surface area contributed by atoms with Gasteiger partial charge in [-0.05, 0) is 6.42 Å². The Morgan fingerprint density at radius 2 is 1.81 bits per heavy atom. The van der Waals surface area contributed by atoms with Gasteiger partial charge in [-0.2, -0.15) is 0 Å². The van der Waals surface area contributed by atoms with Crippen molar-refractivity contribution >= 4 is 0 Å². The monoisotopic (exact) mass is 236 g/mol. The van der Waals surface area contributed by atoms with Crippen LogP contribution in [-0.2, 0) is 0 Å². The molecule has 0 aromatic carbocycles. The third kappa shape index (κ3) is 4.49. The number of rotatable bonds is 8. The van der Waals surface area contributed by atoms with Crippen LogP contribution in [0.4, 0.5) is 0 Å². The number of nitro groups is 2. The lowest BCUT2D eigenvalue weighted by molar-refractivity contribution is -0.550. The Morgan fingerprint density at radius 3 is 2.12 bits per heavy atom. The van der Waals surface area contributed by atoms with E-state index in [9.17, 15) is 25.3 Å². The summed E-state index contributed by atoms with van der Waals surface area (Å²) in [5, 5.41) is 39.1. The minimum Gasteiger partial charge on any atom is -0.389 e. The Kier molecular flexibility index (Phi) is 6.50. The fraction of sp³-hybridized carbons (Fsp3) is 1.00. The van der Waals surface area contributed by atoms with Gasteiger partial charge in [0.2, 0.25) is 12.1 Å². The zero-order valence-electron chi connectivity index (χ0n) is 8.98. The molecule has 0 aliphatic heterocycles. The molecule has 16 heavy (non-hydrogen) atoms. The zero-order valence-corrected chi connectivity index (χ0v) is 8.98. The number of aliphatic hydroxyl groups is 2. The predicted molar refractivity (Wildman–Crippen MR) is 54.2 cm³/mol. The molecule has 0 heterocycles. The Morgan fingerprint density at radius 1 is 1.25 bits per heavy atom. The van der Waals surface area contributed by atoms with Crippen LogP contribution in [0.3, 0.4) is 0 Å². The smallest absolute Gasteiger partial charge is 0.238 e. The Hall–Kier alpha value is -1.28. The van der Waals surface area contributed by atoms with Gasteiger partial charge < -0.3 is 10.2 Å². The summed E-state index contributed by atoms with van der Waals surface area (Å²) in [7, 11) is 0. The van der Waals surface area contributed by atoms with Gasteiger partial charge in [-0.15, -0.1) is 0 Å². The Balaban J connectivity index is 4.44. The molecule has 0 aliphatic carbocycles. The first-order valence-corrected chi connectivity index (χ1v) is 4.99. The fourth-order valence-electron chi connectivity index (χ4n) is 1.40. The topological polar surface area (TPSA) is 127 Å². The summed E-state index contributed by atoms with van der Waals surface area (Å²) < 4.78 is 0. The molecule has 8 nitrogen and oxygen atoms in total. The first-order chi connectivity index (χ1) is 7.43. The summed E-state index contributed by atoms with van der Waals surface area (Å²) in [6, 6.07) is -2.56. The van der Waals surface area contributed by atoms with Crippen molar-refractivity contribution < 1.29 is 20.1 Å². The highest BCUT2D eigenvalue weighted by molar-refractivity contribution is 4.71. The Labute approximate surface area is 92.2 Å². The number of nitrogens with zero attached hydrogens (tertiary/aromatic N) is 2. The summed E-state index contributed by atoms with van der Waals surface area (Å²) in [4.78, 5) is 19.6. The summed E-state index contributed by atoms with van der Waals surface area (Å²) in [6.45, 7) is 0.987. The second-order valence-corrected chi connectivity index (χ2v) is 3.57. The van der Waals surface area contributed by atoms with Gasteiger partial charge in [0, 0.05) is 16.3 Å². The number of hydrogen-bond acceptors (Lipinski definition) is 6. The van der Waals surface area contributed by atoms with Crippen LogP contribution < -0.4 is 0 Å². The summed E-state index contributed by atoms with van der Waals surface area (Å²) in [5.41, 5.74) is 0. The highest BCUT2D eigenvalue weighted by Crippen LogP contribution is 2.12. The average Bonchev–Trinajstić information content (AvgIpc) is 2.21. The molecule has 0 fully saturated rings. The molecule has 94 valence electrons. The van der Waals surface area contributed by atoms with Crippen molar-refractivity contribution in [2.45, 2.75) is 44.4 Å². The normalized spacial score (nSPS) is 16.4. The molecule has 0 bridgehead atoms. The van der Waals surface area contributed by atoms with Gasteiger partial charge in [-0.1, -0.05) is 6.92 Å². The van der Waals surface area contributed by atoms with Crippen LogP contribution in [0, 0.1) is 20.2 Å². The van der Waals surface area contributed by atoms with E-state index in [1.165, 1.54) is 0 Å². The van der Waals surface area contributed by atoms with Gasteiger partial charge in [0.05, 0.1) is 6.42 Å². The van der Waals surface area contributed by atoms with Gasteiger partial charge in [-0.3, -0.25) is 20.2 Å². The van der Waals surface area contributed by atoms with E-state index in [1.54, 1.807) is 6.92 Å². The summed E-state index contributed by atoms with van der Waals surface area (Å²) >= 11 is 0. The van der Waals surface area contributed by atoms with Crippen molar-refractivity contribution in [1.29, 1.82) is 0 Å². The van der Waals surface area contributed by atoms with E-state index in [-0.39, 0.29) is 6.42 Å². The molecule has 2 N–H and O–H groups in total. The third-order valence-electron chi connectivity index (χ3n) is 2.32. The zero-order chi connectivity index (χ0) is 12.7. The van der Waals surface area contributed by atoms with Gasteiger partial charge in [0.25, 0.3) is 0 Å². The molecule has 0 aliphatic rings. The van der Waals surface area contributed by atoms with Crippen molar-refractivity contribution in [2.24, 2.45) is 0 Å². The first kappa shape index (κ1) is 14.7. The van der Waals surface area contributed by atoms with Crippen molar-refractivity contribution in [3.8, 4) is 0 Å². The second-order valence-electron chi connectivity index (χ2n) is 3.57. The van der Waals surface area contributed by atoms with E-state index < -0.39 is 41.1 Å². The minimum atomic E-state index is -1.41. The molecule has 0 radical (unpaired) electrons. The lowest BCUT2D eigenvalue weighted by Gasteiger charge is -2.16. The van der Waals surface area contributed by atoms with Gasteiger partial charge >= 0.3 is 0 Å². The standard InChI is InChI=1S/C8H16N2O6/c1-2-3-7(10(15)16)8(12)4-6(5-11)9(13)14/h6-8,11-12H,2-5H2,1H3. The van der Waals surface area contributed by atoms with Crippen LogP contribution in [-0.4, -0.2) is 44.9 Å². The minimum absolute atomic E-state index is 0.157. The Bertz CT molecular complexity index is 247. The molecular weight excluding hydrogens is 220 g/mol. The van der Waals surface area contributed by atoms with Gasteiger partial charge in [0.1, 0.15) is 12.7 Å². The molecule has 0 spiro atoms.